The Morgan fingerprint density at radius 1 is 1.00 bits per heavy atom. The second kappa shape index (κ2) is 5.43. The number of benzene rings is 1. The lowest BCUT2D eigenvalue weighted by atomic mass is 10.2. The summed E-state index contributed by atoms with van der Waals surface area (Å²) < 4.78 is 0. The molecule has 3 rings (SSSR count). The number of thiophene rings is 1. The quantitative estimate of drug-likeness (QED) is 0.781. The van der Waals surface area contributed by atoms with E-state index in [4.69, 9.17) is 4.98 Å². The highest BCUT2D eigenvalue weighted by Crippen LogP contribution is 2.27. The van der Waals surface area contributed by atoms with Gasteiger partial charge in [0, 0.05) is 34.5 Å². The first-order chi connectivity index (χ1) is 9.76. The standard InChI is InChI=1S/C16H15N3S/c1-11-8-13(10-20-11)14-9-15(17-2)19-16(18-14)12-6-4-3-5-7-12/h3-10H,1-2H3,(H,17,18,19). The van der Waals surface area contributed by atoms with Crippen LogP contribution in [0.15, 0.2) is 47.8 Å². The SMILES string of the molecule is CNc1cc(-c2csc(C)c2)nc(-c2ccccc2)n1. The van der Waals surface area contributed by atoms with Crippen LogP contribution >= 0.6 is 11.3 Å². The van der Waals surface area contributed by atoms with Gasteiger partial charge in [-0.2, -0.15) is 0 Å². The molecule has 1 N–H and O–H groups in total. The molecule has 0 aliphatic carbocycles. The molecule has 0 aliphatic rings. The van der Waals surface area contributed by atoms with Gasteiger partial charge in [-0.25, -0.2) is 9.97 Å². The van der Waals surface area contributed by atoms with Gasteiger partial charge < -0.3 is 5.32 Å². The van der Waals surface area contributed by atoms with Crippen molar-refractivity contribution in [2.75, 3.05) is 12.4 Å². The minimum atomic E-state index is 0.747. The van der Waals surface area contributed by atoms with Crippen LogP contribution in [0, 0.1) is 6.92 Å². The topological polar surface area (TPSA) is 37.8 Å². The predicted octanol–water partition coefficient (Wildman–Crippen LogP) is 4.22. The summed E-state index contributed by atoms with van der Waals surface area (Å²) in [5, 5.41) is 5.24. The summed E-state index contributed by atoms with van der Waals surface area (Å²) in [6.07, 6.45) is 0. The summed E-state index contributed by atoms with van der Waals surface area (Å²) in [4.78, 5) is 10.5. The van der Waals surface area contributed by atoms with Crippen LogP contribution in [0.1, 0.15) is 4.88 Å². The lowest BCUT2D eigenvalue weighted by Gasteiger charge is -2.07. The van der Waals surface area contributed by atoms with Crippen LogP contribution in [-0.4, -0.2) is 17.0 Å². The lowest BCUT2D eigenvalue weighted by molar-refractivity contribution is 1.17. The molecule has 4 heteroatoms. The smallest absolute Gasteiger partial charge is 0.162 e. The zero-order chi connectivity index (χ0) is 13.9. The van der Waals surface area contributed by atoms with Crippen molar-refractivity contribution in [3.63, 3.8) is 0 Å². The fraction of sp³-hybridized carbons (Fsp3) is 0.125. The van der Waals surface area contributed by atoms with Crippen molar-refractivity contribution in [2.24, 2.45) is 0 Å². The van der Waals surface area contributed by atoms with Gasteiger partial charge in [0.1, 0.15) is 5.82 Å². The van der Waals surface area contributed by atoms with E-state index >= 15 is 0 Å². The molecule has 2 aromatic heterocycles. The Bertz CT molecular complexity index is 720. The van der Waals surface area contributed by atoms with Gasteiger partial charge in [-0.15, -0.1) is 11.3 Å². The second-order valence-electron chi connectivity index (χ2n) is 4.52. The van der Waals surface area contributed by atoms with E-state index in [-0.39, 0.29) is 0 Å². The van der Waals surface area contributed by atoms with Crippen molar-refractivity contribution in [3.8, 4) is 22.6 Å². The molecule has 100 valence electrons. The van der Waals surface area contributed by atoms with Crippen molar-refractivity contribution in [1.82, 2.24) is 9.97 Å². The predicted molar refractivity (Wildman–Crippen MR) is 85.1 cm³/mol. The van der Waals surface area contributed by atoms with Crippen molar-refractivity contribution in [1.29, 1.82) is 0 Å². The van der Waals surface area contributed by atoms with Crippen LogP contribution in [0.4, 0.5) is 5.82 Å². The third-order valence-corrected chi connectivity index (χ3v) is 3.90. The zero-order valence-corrected chi connectivity index (χ0v) is 12.2. The Hall–Kier alpha value is -2.20. The summed E-state index contributed by atoms with van der Waals surface area (Å²) >= 11 is 1.73. The third-order valence-electron chi connectivity index (χ3n) is 3.04. The molecular weight excluding hydrogens is 266 g/mol. The number of aryl methyl sites for hydroxylation is 1. The molecule has 1 aromatic carbocycles. The number of anilines is 1. The molecule has 0 amide bonds. The molecule has 2 heterocycles. The number of hydrogen-bond acceptors (Lipinski definition) is 4. The van der Waals surface area contributed by atoms with Crippen LogP contribution in [0.3, 0.4) is 0 Å². The number of aromatic nitrogens is 2. The van der Waals surface area contributed by atoms with Crippen molar-refractivity contribution in [3.05, 3.63) is 52.7 Å². The number of hydrogen-bond donors (Lipinski definition) is 1. The maximum absolute atomic E-state index is 4.69. The molecule has 0 atom stereocenters. The zero-order valence-electron chi connectivity index (χ0n) is 11.4. The summed E-state index contributed by atoms with van der Waals surface area (Å²) in [7, 11) is 1.87. The van der Waals surface area contributed by atoms with E-state index in [1.807, 2.05) is 43.4 Å². The summed E-state index contributed by atoms with van der Waals surface area (Å²) in [5.41, 5.74) is 3.12. The normalized spacial score (nSPS) is 10.5. The lowest BCUT2D eigenvalue weighted by Crippen LogP contribution is -1.98. The van der Waals surface area contributed by atoms with Crippen molar-refractivity contribution < 1.29 is 0 Å². The van der Waals surface area contributed by atoms with Crippen LogP contribution in [-0.2, 0) is 0 Å². The molecule has 0 unspecified atom stereocenters. The number of nitrogens with zero attached hydrogens (tertiary/aromatic N) is 2. The highest BCUT2D eigenvalue weighted by atomic mass is 32.1. The van der Waals surface area contributed by atoms with Gasteiger partial charge in [-0.1, -0.05) is 30.3 Å². The molecule has 0 saturated heterocycles. The van der Waals surface area contributed by atoms with Crippen molar-refractivity contribution in [2.45, 2.75) is 6.92 Å². The maximum atomic E-state index is 4.69. The van der Waals surface area contributed by atoms with E-state index < -0.39 is 0 Å². The molecule has 0 saturated carbocycles. The largest absolute Gasteiger partial charge is 0.373 e. The van der Waals surface area contributed by atoms with E-state index in [9.17, 15) is 0 Å². The molecule has 0 aliphatic heterocycles. The minimum absolute atomic E-state index is 0.747. The molecule has 0 radical (unpaired) electrons. The van der Waals surface area contributed by atoms with Gasteiger partial charge in [0.25, 0.3) is 0 Å². The summed E-state index contributed by atoms with van der Waals surface area (Å²) in [6, 6.07) is 14.2. The van der Waals surface area contributed by atoms with Gasteiger partial charge in [0.05, 0.1) is 5.69 Å². The highest BCUT2D eigenvalue weighted by molar-refractivity contribution is 7.10. The average molecular weight is 281 g/mol. The highest BCUT2D eigenvalue weighted by Gasteiger charge is 2.08. The molecule has 0 fully saturated rings. The maximum Gasteiger partial charge on any atom is 0.162 e. The summed E-state index contributed by atoms with van der Waals surface area (Å²) in [5.74, 6) is 1.58. The van der Waals surface area contributed by atoms with Gasteiger partial charge >= 0.3 is 0 Å². The number of rotatable bonds is 3. The fourth-order valence-electron chi connectivity index (χ4n) is 2.02. The third kappa shape index (κ3) is 2.56. The van der Waals surface area contributed by atoms with Gasteiger partial charge in [0.15, 0.2) is 5.82 Å². The van der Waals surface area contributed by atoms with E-state index in [1.54, 1.807) is 11.3 Å². The minimum Gasteiger partial charge on any atom is -0.373 e. The fourth-order valence-corrected chi connectivity index (χ4v) is 2.71. The molecule has 3 aromatic rings. The Morgan fingerprint density at radius 3 is 2.45 bits per heavy atom. The second-order valence-corrected chi connectivity index (χ2v) is 5.64. The Kier molecular flexibility index (Phi) is 3.48. The van der Waals surface area contributed by atoms with Crippen molar-refractivity contribution >= 4 is 17.2 Å². The first kappa shape index (κ1) is 12.8. The Labute approximate surface area is 122 Å². The van der Waals surface area contributed by atoms with E-state index in [1.165, 1.54) is 4.88 Å². The monoisotopic (exact) mass is 281 g/mol. The first-order valence-electron chi connectivity index (χ1n) is 6.44. The molecule has 20 heavy (non-hydrogen) atoms. The molecule has 0 spiro atoms. The van der Waals surface area contributed by atoms with Gasteiger partial charge in [0.2, 0.25) is 0 Å². The summed E-state index contributed by atoms with van der Waals surface area (Å²) in [6.45, 7) is 2.10. The van der Waals surface area contributed by atoms with Crippen LogP contribution < -0.4 is 5.32 Å². The van der Waals surface area contributed by atoms with Crippen LogP contribution in [0.5, 0.6) is 0 Å². The number of nitrogens with one attached hydrogen (secondary N) is 1. The van der Waals surface area contributed by atoms with Gasteiger partial charge in [-0.3, -0.25) is 0 Å². The van der Waals surface area contributed by atoms with E-state index in [0.29, 0.717) is 0 Å². The van der Waals surface area contributed by atoms with Gasteiger partial charge in [-0.05, 0) is 13.0 Å². The van der Waals surface area contributed by atoms with Crippen LogP contribution in [0.2, 0.25) is 0 Å². The first-order valence-corrected chi connectivity index (χ1v) is 7.32. The van der Waals surface area contributed by atoms with Crippen LogP contribution in [0.25, 0.3) is 22.6 Å². The Morgan fingerprint density at radius 2 is 1.80 bits per heavy atom. The van der Waals surface area contributed by atoms with E-state index in [2.05, 4.69) is 28.7 Å². The molecule has 3 nitrogen and oxygen atoms in total. The van der Waals surface area contributed by atoms with E-state index in [0.717, 1.165) is 28.5 Å². The average Bonchev–Trinajstić information content (AvgIpc) is 2.94. The molecular formula is C16H15N3S. The molecule has 0 bridgehead atoms. The Balaban J connectivity index is 2.12.